The smallest absolute Gasteiger partial charge is 0.313 e. The number of nitrogens with one attached hydrogen (secondary N) is 1. The lowest BCUT2D eigenvalue weighted by Gasteiger charge is -2.38. The van der Waals surface area contributed by atoms with E-state index < -0.39 is 65.6 Å². The molecule has 6 rings (SSSR count). The molecule has 49 heavy (non-hydrogen) atoms. The topological polar surface area (TPSA) is 144 Å². The van der Waals surface area contributed by atoms with Gasteiger partial charge in [-0.15, -0.1) is 0 Å². The number of hydrogen-bond donors (Lipinski definition) is 2. The largest absolute Gasteiger partial charge is 0.497 e. The SMILES string of the molecule is CC[C@@H](CO)N1C(=O)[C@H]2[C@@H]3C(=O)O[C@@H](c4ccccc4)[C@H](COC)NC(=O)CC/C=C\[C@@H]3O[C@]23C=CCN(c2ccc(OC)cc2)C(=O)[C@H]13. The van der Waals surface area contributed by atoms with E-state index in [9.17, 15) is 24.3 Å². The van der Waals surface area contributed by atoms with Crippen molar-refractivity contribution in [3.63, 3.8) is 0 Å². The van der Waals surface area contributed by atoms with Crippen molar-refractivity contribution in [2.45, 2.75) is 62.1 Å². The van der Waals surface area contributed by atoms with Crippen LogP contribution in [0.2, 0.25) is 0 Å². The fourth-order valence-corrected chi connectivity index (χ4v) is 7.63. The zero-order chi connectivity index (χ0) is 34.7. The molecule has 1 spiro atoms. The standard InChI is InChI=1S/C37H43N3O9/c1-4-24(21-41)40-33-35(44)39(25-15-17-26(47-3)18-16-25)20-10-19-37(33)31(34(40)43)30-28(49-37)13-8-9-14-29(42)38-27(22-46-2)32(48-36(30)45)23-11-6-5-7-12-23/h5-8,10-13,15-19,24,27-28,30-33,41H,4,9,14,20-22H2,1-3H3,(H,38,42)/b13-8-/t24-,27-,28-,30+,31+,32-,33-,37+/m0/s1. The molecule has 0 aliphatic carbocycles. The minimum Gasteiger partial charge on any atom is -0.497 e. The minimum atomic E-state index is -1.54. The highest BCUT2D eigenvalue weighted by molar-refractivity contribution is 6.05. The summed E-state index contributed by atoms with van der Waals surface area (Å²) in [5, 5.41) is 13.4. The Morgan fingerprint density at radius 3 is 2.45 bits per heavy atom. The molecule has 8 atom stereocenters. The molecule has 0 unspecified atom stereocenters. The number of carbonyl (C=O) groups is 4. The van der Waals surface area contributed by atoms with Crippen LogP contribution >= 0.6 is 0 Å². The number of anilines is 1. The first-order valence-electron chi connectivity index (χ1n) is 16.7. The van der Waals surface area contributed by atoms with Crippen molar-refractivity contribution >= 4 is 29.4 Å². The summed E-state index contributed by atoms with van der Waals surface area (Å²) in [7, 11) is 3.06. The zero-order valence-electron chi connectivity index (χ0n) is 27.9. The van der Waals surface area contributed by atoms with Crippen LogP contribution in [0.5, 0.6) is 5.75 Å². The highest BCUT2D eigenvalue weighted by Crippen LogP contribution is 2.54. The van der Waals surface area contributed by atoms with Crippen molar-refractivity contribution in [3.8, 4) is 5.75 Å². The predicted octanol–water partition coefficient (Wildman–Crippen LogP) is 2.72. The number of hydrogen-bond acceptors (Lipinski definition) is 9. The van der Waals surface area contributed by atoms with Crippen LogP contribution in [-0.4, -0.2) is 97.5 Å². The normalized spacial score (nSPS) is 31.3. The van der Waals surface area contributed by atoms with Gasteiger partial charge in [-0.1, -0.05) is 61.6 Å². The van der Waals surface area contributed by atoms with Gasteiger partial charge in [0.15, 0.2) is 0 Å². The lowest BCUT2D eigenvalue weighted by atomic mass is 9.77. The van der Waals surface area contributed by atoms with Crippen molar-refractivity contribution < 1.29 is 43.2 Å². The maximum Gasteiger partial charge on any atom is 0.313 e. The number of aliphatic hydroxyl groups excluding tert-OH is 1. The zero-order valence-corrected chi connectivity index (χ0v) is 27.9. The van der Waals surface area contributed by atoms with Crippen LogP contribution in [0.15, 0.2) is 78.9 Å². The lowest BCUT2D eigenvalue weighted by molar-refractivity contribution is -0.162. The predicted molar refractivity (Wildman–Crippen MR) is 178 cm³/mol. The molecule has 3 amide bonds. The molecule has 2 fully saturated rings. The molecule has 2 aromatic carbocycles. The van der Waals surface area contributed by atoms with E-state index in [2.05, 4.69) is 5.32 Å². The number of allylic oxidation sites excluding steroid dienone is 1. The third-order valence-electron chi connectivity index (χ3n) is 9.96. The highest BCUT2D eigenvalue weighted by atomic mass is 16.6. The van der Waals surface area contributed by atoms with Crippen molar-refractivity contribution in [1.29, 1.82) is 0 Å². The van der Waals surface area contributed by atoms with Gasteiger partial charge >= 0.3 is 5.97 Å². The van der Waals surface area contributed by atoms with Crippen LogP contribution in [-0.2, 0) is 33.4 Å². The monoisotopic (exact) mass is 673 g/mol. The number of fused-ring (bicyclic) bond motifs is 2. The lowest BCUT2D eigenvalue weighted by Crippen LogP contribution is -2.58. The first-order chi connectivity index (χ1) is 23.8. The average molecular weight is 674 g/mol. The van der Waals surface area contributed by atoms with E-state index in [1.165, 1.54) is 12.0 Å². The van der Waals surface area contributed by atoms with Gasteiger partial charge in [-0.25, -0.2) is 0 Å². The summed E-state index contributed by atoms with van der Waals surface area (Å²) in [6, 6.07) is 13.5. The quantitative estimate of drug-likeness (QED) is 0.319. The first-order valence-corrected chi connectivity index (χ1v) is 16.7. The Hall–Kier alpha value is -4.52. The molecule has 0 aromatic heterocycles. The second kappa shape index (κ2) is 14.5. The minimum absolute atomic E-state index is 0.0638. The Morgan fingerprint density at radius 2 is 1.78 bits per heavy atom. The van der Waals surface area contributed by atoms with E-state index in [0.717, 1.165) is 0 Å². The van der Waals surface area contributed by atoms with Gasteiger partial charge in [-0.3, -0.25) is 19.2 Å². The second-order valence-corrected chi connectivity index (χ2v) is 12.7. The summed E-state index contributed by atoms with van der Waals surface area (Å²) >= 11 is 0. The van der Waals surface area contributed by atoms with Gasteiger partial charge in [0.05, 0.1) is 44.4 Å². The number of nitrogens with zero attached hydrogens (tertiary/aromatic N) is 2. The van der Waals surface area contributed by atoms with E-state index in [1.807, 2.05) is 25.1 Å². The third kappa shape index (κ3) is 6.24. The van der Waals surface area contributed by atoms with E-state index in [-0.39, 0.29) is 32.1 Å². The Bertz CT molecular complexity index is 1590. The number of carbonyl (C=O) groups excluding carboxylic acids is 4. The number of benzene rings is 2. The van der Waals surface area contributed by atoms with Gasteiger partial charge in [-0.05, 0) is 42.7 Å². The molecular formula is C37H43N3O9. The molecule has 4 heterocycles. The molecule has 4 aliphatic heterocycles. The van der Waals surface area contributed by atoms with Gasteiger partial charge in [0, 0.05) is 25.8 Å². The molecule has 2 aromatic rings. The van der Waals surface area contributed by atoms with Crippen LogP contribution in [0, 0.1) is 11.8 Å². The number of aliphatic hydroxyl groups is 1. The molecule has 2 saturated heterocycles. The number of likely N-dealkylation sites (tertiary alicyclic amines) is 1. The molecule has 260 valence electrons. The molecule has 12 heteroatoms. The van der Waals surface area contributed by atoms with Crippen LogP contribution in [0.25, 0.3) is 0 Å². The number of esters is 1. The number of ether oxygens (including phenoxy) is 4. The first kappa shape index (κ1) is 34.3. The molecule has 0 saturated carbocycles. The van der Waals surface area contributed by atoms with Gasteiger partial charge < -0.3 is 39.2 Å². The van der Waals surface area contributed by atoms with E-state index in [0.29, 0.717) is 29.8 Å². The summed E-state index contributed by atoms with van der Waals surface area (Å²) < 4.78 is 23.8. The van der Waals surface area contributed by atoms with Crippen molar-refractivity contribution in [2.75, 3.05) is 38.9 Å². The molecular weight excluding hydrogens is 630 g/mol. The second-order valence-electron chi connectivity index (χ2n) is 12.7. The molecule has 4 aliphatic rings. The number of methoxy groups -OCH3 is 2. The van der Waals surface area contributed by atoms with Gasteiger partial charge in [-0.2, -0.15) is 0 Å². The molecule has 0 radical (unpaired) electrons. The number of cyclic esters (lactones) is 1. The van der Waals surface area contributed by atoms with E-state index >= 15 is 0 Å². The summed E-state index contributed by atoms with van der Waals surface area (Å²) in [5.74, 6) is -3.45. The van der Waals surface area contributed by atoms with Gasteiger partial charge in [0.25, 0.3) is 5.91 Å². The fraction of sp³-hybridized carbons (Fsp3) is 0.459. The van der Waals surface area contributed by atoms with Gasteiger partial charge in [0.1, 0.15) is 29.4 Å². The maximum atomic E-state index is 14.7. The summed E-state index contributed by atoms with van der Waals surface area (Å²) in [6.07, 6.45) is 5.99. The number of amides is 3. The average Bonchev–Trinajstić information content (AvgIpc) is 3.50. The van der Waals surface area contributed by atoms with E-state index in [1.54, 1.807) is 72.7 Å². The Balaban J connectivity index is 1.46. The Kier molecular flexibility index (Phi) is 10.2. The Morgan fingerprint density at radius 1 is 1.02 bits per heavy atom. The van der Waals surface area contributed by atoms with Crippen LogP contribution < -0.4 is 15.0 Å². The highest BCUT2D eigenvalue weighted by Gasteiger charge is 2.72. The number of rotatable bonds is 8. The summed E-state index contributed by atoms with van der Waals surface area (Å²) in [6.45, 7) is 1.70. The van der Waals surface area contributed by atoms with Crippen LogP contribution in [0.4, 0.5) is 5.69 Å². The van der Waals surface area contributed by atoms with Crippen LogP contribution in [0.1, 0.15) is 37.9 Å². The third-order valence-corrected chi connectivity index (χ3v) is 9.96. The molecule has 2 N–H and O–H groups in total. The fourth-order valence-electron chi connectivity index (χ4n) is 7.63. The van der Waals surface area contributed by atoms with Crippen molar-refractivity contribution in [3.05, 3.63) is 84.5 Å². The van der Waals surface area contributed by atoms with Gasteiger partial charge in [0.2, 0.25) is 11.8 Å². The summed E-state index contributed by atoms with van der Waals surface area (Å²) in [4.78, 5) is 60.0. The van der Waals surface area contributed by atoms with Crippen molar-refractivity contribution in [1.82, 2.24) is 10.2 Å². The van der Waals surface area contributed by atoms with E-state index in [4.69, 9.17) is 18.9 Å². The maximum absolute atomic E-state index is 14.7. The summed E-state index contributed by atoms with van der Waals surface area (Å²) in [5.41, 5.74) is -0.311. The van der Waals surface area contributed by atoms with Crippen molar-refractivity contribution in [2.24, 2.45) is 11.8 Å². The Labute approximate surface area is 285 Å². The van der Waals surface area contributed by atoms with Crippen LogP contribution in [0.3, 0.4) is 0 Å². The molecule has 0 bridgehead atoms. The molecule has 12 nitrogen and oxygen atoms in total.